The van der Waals surface area contributed by atoms with Gasteiger partial charge >= 0.3 is 0 Å². The van der Waals surface area contributed by atoms with Gasteiger partial charge in [-0.1, -0.05) is 12.1 Å². The van der Waals surface area contributed by atoms with Crippen LogP contribution in [0.15, 0.2) is 55.0 Å². The van der Waals surface area contributed by atoms with Gasteiger partial charge in [-0.2, -0.15) is 0 Å². The molecule has 0 bridgehead atoms. The van der Waals surface area contributed by atoms with E-state index in [0.29, 0.717) is 23.6 Å². The molecular weight excluding hydrogens is 475 g/mol. The number of nitrogens with one attached hydrogen (secondary N) is 3. The van der Waals surface area contributed by atoms with Crippen molar-refractivity contribution in [2.24, 2.45) is 5.73 Å². The molecule has 1 aliphatic carbocycles. The molecule has 11 heteroatoms. The van der Waals surface area contributed by atoms with Crippen LogP contribution in [0.4, 0.5) is 27.3 Å². The molecule has 192 valence electrons. The molecule has 0 saturated heterocycles. The van der Waals surface area contributed by atoms with E-state index in [1.54, 1.807) is 0 Å². The van der Waals surface area contributed by atoms with Gasteiger partial charge in [0, 0.05) is 36.6 Å². The van der Waals surface area contributed by atoms with Crippen molar-refractivity contribution in [2.75, 3.05) is 22.6 Å². The number of aliphatic hydroxyl groups excluding tert-OH is 1. The standard InChI is InChI=1S/C26H29FN8O2/c27-20-14-29-11-9-21(20)33-26(37)23-15-30-25-22(31-18-5-1-16(2-6-18)10-12-36)13-24(34-35(23)25)32-19-7-3-17(28)4-8-19/h1-2,5-6,9,11,13-15,17,19,31,36H,3-4,7-8,10,12,28H2,(H,32,34)(H,29,33,37)/t17-,19-. The molecule has 0 spiro atoms. The van der Waals surface area contributed by atoms with E-state index in [2.05, 4.69) is 31.0 Å². The van der Waals surface area contributed by atoms with E-state index >= 15 is 0 Å². The Balaban J connectivity index is 1.48. The van der Waals surface area contributed by atoms with Gasteiger partial charge in [0.05, 0.1) is 23.8 Å². The molecule has 4 aromatic rings. The first-order valence-corrected chi connectivity index (χ1v) is 12.3. The minimum atomic E-state index is -0.637. The van der Waals surface area contributed by atoms with E-state index in [9.17, 15) is 14.3 Å². The lowest BCUT2D eigenvalue weighted by atomic mass is 9.92. The average Bonchev–Trinajstić information content (AvgIpc) is 3.33. The third-order valence-electron chi connectivity index (χ3n) is 6.48. The molecule has 1 fully saturated rings. The number of aromatic nitrogens is 4. The van der Waals surface area contributed by atoms with Crippen LogP contribution in [0, 0.1) is 5.82 Å². The van der Waals surface area contributed by atoms with Crippen LogP contribution in [0.2, 0.25) is 0 Å². The summed E-state index contributed by atoms with van der Waals surface area (Å²) in [6.45, 7) is 0.0845. The Morgan fingerprint density at radius 1 is 1.11 bits per heavy atom. The van der Waals surface area contributed by atoms with Crippen LogP contribution in [0.25, 0.3) is 5.65 Å². The number of nitrogens with two attached hydrogens (primary N) is 1. The molecule has 0 radical (unpaired) electrons. The zero-order valence-electron chi connectivity index (χ0n) is 20.2. The summed E-state index contributed by atoms with van der Waals surface area (Å²) in [5.74, 6) is -0.609. The van der Waals surface area contributed by atoms with Crippen molar-refractivity contribution < 1.29 is 14.3 Å². The number of hydrogen-bond acceptors (Lipinski definition) is 8. The van der Waals surface area contributed by atoms with Crippen LogP contribution in [0.3, 0.4) is 0 Å². The number of benzene rings is 1. The van der Waals surface area contributed by atoms with Gasteiger partial charge in [-0.15, -0.1) is 5.10 Å². The number of pyridine rings is 1. The Labute approximate surface area is 213 Å². The Hall–Kier alpha value is -4.09. The number of carbonyl (C=O) groups is 1. The van der Waals surface area contributed by atoms with E-state index in [4.69, 9.17) is 5.73 Å². The maximum absolute atomic E-state index is 14.1. The number of amides is 1. The van der Waals surface area contributed by atoms with Gasteiger partial charge in [-0.3, -0.25) is 9.78 Å². The van der Waals surface area contributed by atoms with Gasteiger partial charge in [0.1, 0.15) is 5.82 Å². The first-order chi connectivity index (χ1) is 18.0. The van der Waals surface area contributed by atoms with E-state index in [-0.39, 0.29) is 30.1 Å². The normalized spacial score (nSPS) is 17.5. The van der Waals surface area contributed by atoms with E-state index in [1.165, 1.54) is 23.0 Å². The van der Waals surface area contributed by atoms with E-state index < -0.39 is 11.7 Å². The average molecular weight is 505 g/mol. The molecule has 10 nitrogen and oxygen atoms in total. The number of rotatable bonds is 8. The summed E-state index contributed by atoms with van der Waals surface area (Å²) in [4.78, 5) is 21.2. The summed E-state index contributed by atoms with van der Waals surface area (Å²) in [6, 6.07) is 11.4. The van der Waals surface area contributed by atoms with Gasteiger partial charge in [0.25, 0.3) is 5.91 Å². The van der Waals surface area contributed by atoms with Gasteiger partial charge in [-0.05, 0) is 55.9 Å². The molecule has 1 saturated carbocycles. The molecule has 3 heterocycles. The van der Waals surface area contributed by atoms with Crippen LogP contribution >= 0.6 is 0 Å². The summed E-state index contributed by atoms with van der Waals surface area (Å²) < 4.78 is 15.5. The minimum Gasteiger partial charge on any atom is -0.396 e. The number of aliphatic hydroxyl groups is 1. The summed E-state index contributed by atoms with van der Waals surface area (Å²) in [7, 11) is 0. The maximum atomic E-state index is 14.1. The molecule has 1 aliphatic rings. The fourth-order valence-electron chi connectivity index (χ4n) is 4.46. The van der Waals surface area contributed by atoms with Gasteiger partial charge in [-0.25, -0.2) is 13.9 Å². The predicted molar refractivity (Wildman–Crippen MR) is 140 cm³/mol. The van der Waals surface area contributed by atoms with Crippen molar-refractivity contribution in [3.05, 3.63) is 72.1 Å². The van der Waals surface area contributed by atoms with Crippen molar-refractivity contribution in [1.29, 1.82) is 0 Å². The molecule has 1 amide bonds. The lowest BCUT2D eigenvalue weighted by Crippen LogP contribution is -2.33. The monoisotopic (exact) mass is 504 g/mol. The minimum absolute atomic E-state index is 0.0177. The second-order valence-electron chi connectivity index (χ2n) is 9.18. The van der Waals surface area contributed by atoms with Gasteiger partial charge < -0.3 is 26.8 Å². The Morgan fingerprint density at radius 2 is 1.89 bits per heavy atom. The summed E-state index contributed by atoms with van der Waals surface area (Å²) >= 11 is 0. The molecule has 0 unspecified atom stereocenters. The topological polar surface area (TPSA) is 142 Å². The van der Waals surface area contributed by atoms with Crippen LogP contribution in [0.5, 0.6) is 0 Å². The molecule has 5 rings (SSSR count). The maximum Gasteiger partial charge on any atom is 0.276 e. The molecule has 37 heavy (non-hydrogen) atoms. The Morgan fingerprint density at radius 3 is 2.62 bits per heavy atom. The largest absolute Gasteiger partial charge is 0.396 e. The first-order valence-electron chi connectivity index (χ1n) is 12.3. The fourth-order valence-corrected chi connectivity index (χ4v) is 4.46. The lowest BCUT2D eigenvalue weighted by molar-refractivity contribution is 0.102. The van der Waals surface area contributed by atoms with Gasteiger partial charge in [0.2, 0.25) is 0 Å². The highest BCUT2D eigenvalue weighted by Crippen LogP contribution is 2.27. The third kappa shape index (κ3) is 5.68. The van der Waals surface area contributed by atoms with Crippen LogP contribution < -0.4 is 21.7 Å². The second kappa shape index (κ2) is 10.9. The Bertz CT molecular complexity index is 1380. The highest BCUT2D eigenvalue weighted by molar-refractivity contribution is 6.03. The second-order valence-corrected chi connectivity index (χ2v) is 9.18. The zero-order valence-corrected chi connectivity index (χ0v) is 20.2. The smallest absolute Gasteiger partial charge is 0.276 e. The van der Waals surface area contributed by atoms with Crippen molar-refractivity contribution in [2.45, 2.75) is 44.2 Å². The number of anilines is 4. The quantitative estimate of drug-likeness (QED) is 0.246. The van der Waals surface area contributed by atoms with Gasteiger partial charge in [0.15, 0.2) is 17.2 Å². The van der Waals surface area contributed by atoms with E-state index in [1.807, 2.05) is 30.3 Å². The molecule has 0 aliphatic heterocycles. The SMILES string of the molecule is N[C@H]1CC[C@H](Nc2cc(Nc3ccc(CCO)cc3)c3ncc(C(=O)Nc4ccncc4F)n3n2)CC1. The Kier molecular flexibility index (Phi) is 7.24. The molecular formula is C26H29FN8O2. The first kappa shape index (κ1) is 24.6. The molecule has 1 aromatic carbocycles. The number of imidazole rings is 1. The van der Waals surface area contributed by atoms with Crippen LogP contribution in [-0.4, -0.2) is 49.3 Å². The molecule has 3 aromatic heterocycles. The van der Waals surface area contributed by atoms with Crippen LogP contribution in [-0.2, 0) is 6.42 Å². The number of fused-ring (bicyclic) bond motifs is 1. The van der Waals surface area contributed by atoms with Crippen molar-refractivity contribution >= 4 is 34.4 Å². The lowest BCUT2D eigenvalue weighted by Gasteiger charge is -2.27. The van der Waals surface area contributed by atoms with Crippen LogP contribution in [0.1, 0.15) is 41.7 Å². The summed E-state index contributed by atoms with van der Waals surface area (Å²) in [5.41, 5.74) is 9.16. The predicted octanol–water partition coefficient (Wildman–Crippen LogP) is 3.48. The number of halogens is 1. The summed E-state index contributed by atoms with van der Waals surface area (Å²) in [5, 5.41) is 23.2. The summed E-state index contributed by atoms with van der Waals surface area (Å²) in [6.07, 6.45) is 8.14. The fraction of sp³-hybridized carbons (Fsp3) is 0.308. The number of nitrogens with zero attached hydrogens (tertiary/aromatic N) is 4. The highest BCUT2D eigenvalue weighted by atomic mass is 19.1. The number of carbonyl (C=O) groups excluding carboxylic acids is 1. The van der Waals surface area contributed by atoms with Crippen molar-refractivity contribution in [3.63, 3.8) is 0 Å². The number of hydrogen-bond donors (Lipinski definition) is 5. The molecule has 0 atom stereocenters. The highest BCUT2D eigenvalue weighted by Gasteiger charge is 2.22. The van der Waals surface area contributed by atoms with Crippen molar-refractivity contribution in [1.82, 2.24) is 19.6 Å². The third-order valence-corrected chi connectivity index (χ3v) is 6.48. The zero-order chi connectivity index (χ0) is 25.8. The van der Waals surface area contributed by atoms with Crippen molar-refractivity contribution in [3.8, 4) is 0 Å². The molecule has 6 N–H and O–H groups in total. The van der Waals surface area contributed by atoms with E-state index in [0.717, 1.165) is 43.1 Å².